The molecular weight excluding hydrogens is 923 g/mol. The number of unbranched alkanes of at least 4 members (excludes halogenated alkanes) is 2. The van der Waals surface area contributed by atoms with Crippen molar-refractivity contribution < 1.29 is 90.4 Å². The number of nitrogen functional groups attached to an aromatic ring is 1. The normalized spacial score (nSPS) is 20.8. The fourth-order valence-corrected chi connectivity index (χ4v) is 9.02. The number of carbonyl (C=O) groups excluding carboxylic acids is 3. The highest BCUT2D eigenvalue weighted by molar-refractivity contribution is 8.13. The molecule has 1 fully saturated rings. The summed E-state index contributed by atoms with van der Waals surface area (Å²) in [7, 11) is -16.4. The first-order valence-electron chi connectivity index (χ1n) is 19.0. The summed E-state index contributed by atoms with van der Waals surface area (Å²) in [6.07, 6.45) is 3.50. The van der Waals surface area contributed by atoms with E-state index in [-0.39, 0.29) is 48.0 Å². The minimum atomic E-state index is -5.59. The van der Waals surface area contributed by atoms with Crippen molar-refractivity contribution in [3.05, 3.63) is 37.0 Å². The van der Waals surface area contributed by atoms with Crippen LogP contribution < -0.4 is 16.4 Å². The molecule has 0 aliphatic carbocycles. The Morgan fingerprint density at radius 3 is 2.38 bits per heavy atom. The van der Waals surface area contributed by atoms with Crippen LogP contribution in [0.1, 0.15) is 65.0 Å². The quantitative estimate of drug-likeness (QED) is 0.0325. The van der Waals surface area contributed by atoms with Gasteiger partial charge in [-0.25, -0.2) is 28.6 Å². The fraction of sp³-hybridized carbons (Fsp3) is 0.606. The third-order valence-electron chi connectivity index (χ3n) is 8.66. The Hall–Kier alpha value is -3.49. The molecule has 3 heterocycles. The third-order valence-corrected chi connectivity index (χ3v) is 12.7. The SMILES string of the molecule is CC(C)(COP(=O)(O)OP(=O)(O)OCC1OC(n2cnc3c(N)ncnc32)C(O)C1OP(=O)(O)O)C(O)C(=O)NCCC(=O)NCCSC(=O)CCCC/C=C/C/C=C/CC(=O)O. The number of thioether (sulfide) groups is 1. The van der Waals surface area contributed by atoms with E-state index >= 15 is 0 Å². The number of aromatic nitrogens is 4. The smallest absolute Gasteiger partial charge is 0.481 e. The van der Waals surface area contributed by atoms with E-state index in [1.54, 1.807) is 12.2 Å². The second-order valence-corrected chi connectivity index (χ2v) is 19.7. The van der Waals surface area contributed by atoms with Gasteiger partial charge in [0.05, 0.1) is 26.0 Å². The number of nitrogens with two attached hydrogens (primary N) is 1. The summed E-state index contributed by atoms with van der Waals surface area (Å²) < 4.78 is 62.2. The summed E-state index contributed by atoms with van der Waals surface area (Å²) in [5.74, 6) is -2.05. The largest absolute Gasteiger partial charge is 0.481 e. The molecule has 354 valence electrons. The van der Waals surface area contributed by atoms with Crippen molar-refractivity contribution in [2.75, 3.05) is 37.8 Å². The number of hydrogen-bond donors (Lipinski definition) is 10. The topological polar surface area (TPSA) is 401 Å². The van der Waals surface area contributed by atoms with Crippen molar-refractivity contribution in [1.82, 2.24) is 30.2 Å². The number of amides is 2. The van der Waals surface area contributed by atoms with Crippen LogP contribution in [0.25, 0.3) is 11.2 Å². The lowest BCUT2D eigenvalue weighted by Crippen LogP contribution is -2.46. The molecule has 1 aliphatic heterocycles. The maximum atomic E-state index is 12.7. The van der Waals surface area contributed by atoms with Crippen LogP contribution in [0.15, 0.2) is 37.0 Å². The summed E-state index contributed by atoms with van der Waals surface area (Å²) in [5, 5.41) is 35.0. The van der Waals surface area contributed by atoms with Gasteiger partial charge in [0.2, 0.25) is 11.8 Å². The zero-order valence-electron chi connectivity index (χ0n) is 34.0. The predicted octanol–water partition coefficient (Wildman–Crippen LogP) is 1.20. The van der Waals surface area contributed by atoms with Gasteiger partial charge in [-0.3, -0.25) is 37.3 Å². The second-order valence-electron chi connectivity index (χ2n) is 14.3. The van der Waals surface area contributed by atoms with Gasteiger partial charge < -0.3 is 56.0 Å². The predicted molar refractivity (Wildman–Crippen MR) is 221 cm³/mol. The van der Waals surface area contributed by atoms with Gasteiger partial charge in [0, 0.05) is 37.1 Å². The van der Waals surface area contributed by atoms with E-state index in [4.69, 9.17) is 24.6 Å². The van der Waals surface area contributed by atoms with Crippen LogP contribution in [0, 0.1) is 5.41 Å². The number of aliphatic hydroxyl groups is 2. The Morgan fingerprint density at radius 2 is 1.68 bits per heavy atom. The number of fused-ring (bicyclic) bond motifs is 1. The summed E-state index contributed by atoms with van der Waals surface area (Å²) in [6.45, 7) is 0.415. The zero-order valence-corrected chi connectivity index (χ0v) is 37.5. The molecular formula is C33H52N7O19P3S. The van der Waals surface area contributed by atoms with E-state index < -0.39 is 90.5 Å². The van der Waals surface area contributed by atoms with Crippen LogP contribution in [0.2, 0.25) is 0 Å². The maximum Gasteiger partial charge on any atom is 0.481 e. The lowest BCUT2D eigenvalue weighted by Gasteiger charge is -2.30. The number of allylic oxidation sites excluding steroid dienone is 3. The van der Waals surface area contributed by atoms with Crippen molar-refractivity contribution in [2.45, 2.75) is 89.4 Å². The van der Waals surface area contributed by atoms with Crippen LogP contribution in [-0.4, -0.2) is 134 Å². The average molecular weight is 976 g/mol. The lowest BCUT2D eigenvalue weighted by atomic mass is 9.87. The Kier molecular flexibility index (Phi) is 21.1. The summed E-state index contributed by atoms with van der Waals surface area (Å²) >= 11 is 1.07. The van der Waals surface area contributed by atoms with Gasteiger partial charge in [-0.15, -0.1) is 0 Å². The molecule has 2 aromatic heterocycles. The molecule has 1 saturated heterocycles. The average Bonchev–Trinajstić information content (AvgIpc) is 3.75. The number of hydrogen-bond acceptors (Lipinski definition) is 19. The summed E-state index contributed by atoms with van der Waals surface area (Å²) in [4.78, 5) is 98.4. The number of carboxylic acid groups (broad SMARTS) is 1. The summed E-state index contributed by atoms with van der Waals surface area (Å²) in [5.41, 5.74) is 4.24. The molecule has 3 rings (SSSR count). The molecule has 11 N–H and O–H groups in total. The molecule has 1 aliphatic rings. The Labute approximate surface area is 364 Å². The second kappa shape index (κ2) is 24.7. The molecule has 0 saturated carbocycles. The number of aliphatic hydroxyl groups excluding tert-OH is 2. The standard InChI is InChI=1S/C33H52N7O19P3S/c1-33(2,28(46)31(47)36-14-13-22(41)35-15-16-63-24(44)12-10-8-6-4-3-5-7-9-11-23(42)43)18-56-62(53,54)59-61(51,52)55-17-21-27(58-60(48,49)50)26(45)32(57-21)40-20-39-25-29(34)37-19-38-30(25)40/h3-4,7,9,19-21,26-28,32,45-46H,5-6,8,10-18H2,1-2H3,(H,35,41)(H,36,47)(H,42,43)(H,51,52)(H,53,54)(H2,34,37,38)(H2,48,49,50)/b4-3+,9-7+. The first-order chi connectivity index (χ1) is 29.4. The highest BCUT2D eigenvalue weighted by Crippen LogP contribution is 2.61. The van der Waals surface area contributed by atoms with Gasteiger partial charge in [0.25, 0.3) is 0 Å². The number of phosphoric ester groups is 3. The Balaban J connectivity index is 1.37. The van der Waals surface area contributed by atoms with E-state index in [1.807, 2.05) is 12.2 Å². The number of rotatable bonds is 28. The molecule has 0 spiro atoms. The van der Waals surface area contributed by atoms with Crippen LogP contribution in [0.4, 0.5) is 5.82 Å². The van der Waals surface area contributed by atoms with Crippen molar-refractivity contribution in [3.63, 3.8) is 0 Å². The van der Waals surface area contributed by atoms with Crippen LogP contribution >= 0.6 is 35.2 Å². The number of carbonyl (C=O) groups is 4. The fourth-order valence-electron chi connectivity index (χ4n) is 5.47. The highest BCUT2D eigenvalue weighted by atomic mass is 32.2. The lowest BCUT2D eigenvalue weighted by molar-refractivity contribution is -0.137. The van der Waals surface area contributed by atoms with Crippen molar-refractivity contribution in [3.8, 4) is 0 Å². The molecule has 26 nitrogen and oxygen atoms in total. The number of carboxylic acids is 1. The molecule has 7 atom stereocenters. The molecule has 0 radical (unpaired) electrons. The molecule has 7 unspecified atom stereocenters. The molecule has 0 bridgehead atoms. The van der Waals surface area contributed by atoms with E-state index in [9.17, 15) is 62.7 Å². The highest BCUT2D eigenvalue weighted by Gasteiger charge is 2.50. The van der Waals surface area contributed by atoms with E-state index in [1.165, 1.54) is 13.8 Å². The van der Waals surface area contributed by atoms with Crippen LogP contribution in [0.3, 0.4) is 0 Å². The minimum absolute atomic E-state index is 0.0201. The van der Waals surface area contributed by atoms with Gasteiger partial charge >= 0.3 is 29.4 Å². The third kappa shape index (κ3) is 18.9. The first kappa shape index (κ1) is 53.8. The Bertz CT molecular complexity index is 2090. The Morgan fingerprint density at radius 1 is 0.984 bits per heavy atom. The number of imidazole rings is 1. The van der Waals surface area contributed by atoms with Crippen LogP contribution in [-0.2, 0) is 55.5 Å². The number of nitrogens with one attached hydrogen (secondary N) is 2. The molecule has 0 aromatic carbocycles. The van der Waals surface area contributed by atoms with Crippen LogP contribution in [0.5, 0.6) is 0 Å². The van der Waals surface area contributed by atoms with E-state index in [0.717, 1.165) is 41.8 Å². The zero-order chi connectivity index (χ0) is 47.0. The van der Waals surface area contributed by atoms with Crippen molar-refractivity contribution >= 4 is 75.1 Å². The molecule has 2 aromatic rings. The molecule has 2 amide bonds. The molecule has 30 heteroatoms. The van der Waals surface area contributed by atoms with Crippen molar-refractivity contribution in [2.24, 2.45) is 5.41 Å². The van der Waals surface area contributed by atoms with E-state index in [0.29, 0.717) is 25.0 Å². The number of nitrogens with zero attached hydrogens (tertiary/aromatic N) is 4. The minimum Gasteiger partial charge on any atom is -0.481 e. The summed E-state index contributed by atoms with van der Waals surface area (Å²) in [6, 6.07) is 0. The van der Waals surface area contributed by atoms with Gasteiger partial charge in [0.15, 0.2) is 22.8 Å². The van der Waals surface area contributed by atoms with E-state index in [2.05, 4.69) is 34.4 Å². The van der Waals surface area contributed by atoms with Gasteiger partial charge in [-0.05, 0) is 25.7 Å². The van der Waals surface area contributed by atoms with Gasteiger partial charge in [0.1, 0.15) is 36.3 Å². The monoisotopic (exact) mass is 975 g/mol. The van der Waals surface area contributed by atoms with Crippen molar-refractivity contribution in [1.29, 1.82) is 0 Å². The number of phosphoric acid groups is 3. The maximum absolute atomic E-state index is 12.7. The molecule has 63 heavy (non-hydrogen) atoms. The number of aliphatic carboxylic acids is 1. The van der Waals surface area contributed by atoms with Gasteiger partial charge in [-0.1, -0.05) is 49.9 Å². The number of ether oxygens (including phenoxy) is 1. The van der Waals surface area contributed by atoms with Gasteiger partial charge in [-0.2, -0.15) is 4.31 Å². The number of anilines is 1. The first-order valence-corrected chi connectivity index (χ1v) is 24.5.